The van der Waals surface area contributed by atoms with Crippen LogP contribution in [0.25, 0.3) is 10.8 Å². The van der Waals surface area contributed by atoms with Gasteiger partial charge in [-0.1, -0.05) is 24.3 Å². The predicted molar refractivity (Wildman–Crippen MR) is 105 cm³/mol. The summed E-state index contributed by atoms with van der Waals surface area (Å²) in [5.74, 6) is -0.910. The molecular formula is C20H24N2O6. The van der Waals surface area contributed by atoms with Crippen LogP contribution in [0.2, 0.25) is 0 Å². The van der Waals surface area contributed by atoms with Gasteiger partial charge in [0.05, 0.1) is 12.8 Å². The molecule has 2 rings (SSSR count). The number of carboxylic acid groups (broad SMARTS) is 1. The molecule has 150 valence electrons. The molecule has 0 aliphatic carbocycles. The predicted octanol–water partition coefficient (Wildman–Crippen LogP) is 3.16. The number of esters is 1. The highest BCUT2D eigenvalue weighted by Crippen LogP contribution is 2.31. The van der Waals surface area contributed by atoms with Gasteiger partial charge in [0.25, 0.3) is 0 Å². The van der Waals surface area contributed by atoms with Crippen molar-refractivity contribution >= 4 is 34.4 Å². The molecule has 0 aliphatic rings. The van der Waals surface area contributed by atoms with Crippen LogP contribution in [-0.2, 0) is 14.3 Å². The van der Waals surface area contributed by atoms with E-state index in [4.69, 9.17) is 9.84 Å². The first kappa shape index (κ1) is 21.0. The van der Waals surface area contributed by atoms with Gasteiger partial charge in [-0.2, -0.15) is 0 Å². The summed E-state index contributed by atoms with van der Waals surface area (Å²) in [6.07, 6.45) is 0.263. The highest BCUT2D eigenvalue weighted by molar-refractivity contribution is 6.04. The Bertz CT molecular complexity index is 878. The summed E-state index contributed by atoms with van der Waals surface area (Å²) in [6, 6.07) is 10.2. The molecule has 0 aliphatic heterocycles. The number of urea groups is 1. The number of amides is 2. The maximum atomic E-state index is 12.4. The van der Waals surface area contributed by atoms with Gasteiger partial charge in [0.2, 0.25) is 0 Å². The smallest absolute Gasteiger partial charge is 0.343 e. The zero-order valence-corrected chi connectivity index (χ0v) is 16.1. The minimum Gasteiger partial charge on any atom is -0.481 e. The second-order valence-corrected chi connectivity index (χ2v) is 6.88. The summed E-state index contributed by atoms with van der Waals surface area (Å²) >= 11 is 0. The number of hydrogen-bond acceptors (Lipinski definition) is 5. The minimum atomic E-state index is -0.913. The van der Waals surface area contributed by atoms with Crippen molar-refractivity contribution in [3.63, 3.8) is 0 Å². The number of aliphatic carboxylic acids is 1. The zero-order chi connectivity index (χ0) is 20.7. The lowest BCUT2D eigenvalue weighted by Gasteiger charge is -2.26. The molecule has 0 fully saturated rings. The van der Waals surface area contributed by atoms with E-state index in [1.54, 1.807) is 26.0 Å². The van der Waals surface area contributed by atoms with Crippen molar-refractivity contribution in [2.24, 2.45) is 0 Å². The number of carbonyl (C=O) groups is 3. The van der Waals surface area contributed by atoms with Gasteiger partial charge in [0.15, 0.2) is 6.61 Å². The van der Waals surface area contributed by atoms with Crippen LogP contribution in [0.4, 0.5) is 10.5 Å². The Morgan fingerprint density at radius 2 is 1.75 bits per heavy atom. The number of hydrogen-bond donors (Lipinski definition) is 3. The van der Waals surface area contributed by atoms with Gasteiger partial charge in [-0.3, -0.25) is 4.79 Å². The number of nitrogens with one attached hydrogen (secondary N) is 2. The van der Waals surface area contributed by atoms with E-state index < -0.39 is 23.5 Å². The third kappa shape index (κ3) is 5.87. The van der Waals surface area contributed by atoms with Crippen LogP contribution in [0.1, 0.15) is 26.7 Å². The molecule has 0 radical (unpaired) electrons. The van der Waals surface area contributed by atoms with Gasteiger partial charge in [-0.15, -0.1) is 0 Å². The van der Waals surface area contributed by atoms with Crippen molar-refractivity contribution in [1.82, 2.24) is 5.32 Å². The van der Waals surface area contributed by atoms with Crippen LogP contribution in [0.5, 0.6) is 5.75 Å². The highest BCUT2D eigenvalue weighted by atomic mass is 16.6. The number of fused-ring (bicyclic) bond motifs is 1. The molecule has 0 spiro atoms. The monoisotopic (exact) mass is 388 g/mol. The number of anilines is 1. The quantitative estimate of drug-likeness (QED) is 0.599. The SMILES string of the molecule is COC(=O)COc1ccc(NC(=O)NC(C)(C)CCC(=O)O)c2ccccc12. The first-order valence-corrected chi connectivity index (χ1v) is 8.74. The Morgan fingerprint density at radius 3 is 2.39 bits per heavy atom. The third-order valence-corrected chi connectivity index (χ3v) is 4.12. The summed E-state index contributed by atoms with van der Waals surface area (Å²) in [4.78, 5) is 34.5. The lowest BCUT2D eigenvalue weighted by molar-refractivity contribution is -0.143. The first-order valence-electron chi connectivity index (χ1n) is 8.74. The Kier molecular flexibility index (Phi) is 6.81. The van der Waals surface area contributed by atoms with Crippen LogP contribution in [0, 0.1) is 0 Å². The molecule has 2 aromatic rings. The van der Waals surface area contributed by atoms with E-state index in [9.17, 15) is 14.4 Å². The van der Waals surface area contributed by atoms with Crippen LogP contribution in [-0.4, -0.2) is 42.3 Å². The maximum absolute atomic E-state index is 12.4. The van der Waals surface area contributed by atoms with E-state index in [1.807, 2.05) is 24.3 Å². The molecule has 28 heavy (non-hydrogen) atoms. The highest BCUT2D eigenvalue weighted by Gasteiger charge is 2.22. The summed E-state index contributed by atoms with van der Waals surface area (Å²) < 4.78 is 10.1. The number of carbonyl (C=O) groups excluding carboxylic acids is 2. The minimum absolute atomic E-state index is 0.0392. The molecule has 2 aromatic carbocycles. The number of rotatable bonds is 8. The average Bonchev–Trinajstić information content (AvgIpc) is 2.65. The van der Waals surface area contributed by atoms with E-state index in [1.165, 1.54) is 7.11 Å². The van der Waals surface area contributed by atoms with Gasteiger partial charge in [0, 0.05) is 22.7 Å². The molecule has 8 nitrogen and oxygen atoms in total. The average molecular weight is 388 g/mol. The van der Waals surface area contributed by atoms with Gasteiger partial charge in [-0.25, -0.2) is 9.59 Å². The zero-order valence-electron chi connectivity index (χ0n) is 16.1. The van der Waals surface area contributed by atoms with E-state index >= 15 is 0 Å². The van der Waals surface area contributed by atoms with E-state index in [-0.39, 0.29) is 13.0 Å². The Labute approximate surface area is 162 Å². The van der Waals surface area contributed by atoms with Crippen LogP contribution in [0.3, 0.4) is 0 Å². The lowest BCUT2D eigenvalue weighted by atomic mass is 9.99. The fourth-order valence-corrected chi connectivity index (χ4v) is 2.64. The number of ether oxygens (including phenoxy) is 2. The van der Waals surface area contributed by atoms with Crippen LogP contribution < -0.4 is 15.4 Å². The van der Waals surface area contributed by atoms with Crippen molar-refractivity contribution in [3.05, 3.63) is 36.4 Å². The fraction of sp³-hybridized carbons (Fsp3) is 0.350. The molecule has 0 bridgehead atoms. The van der Waals surface area contributed by atoms with Crippen LogP contribution >= 0.6 is 0 Å². The van der Waals surface area contributed by atoms with Crippen molar-refractivity contribution in [1.29, 1.82) is 0 Å². The van der Waals surface area contributed by atoms with Crippen molar-refractivity contribution in [3.8, 4) is 5.75 Å². The number of carboxylic acids is 1. The molecule has 0 aromatic heterocycles. The molecule has 0 atom stereocenters. The van der Waals surface area contributed by atoms with Gasteiger partial charge in [0.1, 0.15) is 5.75 Å². The largest absolute Gasteiger partial charge is 0.481 e. The molecule has 0 unspecified atom stereocenters. The molecular weight excluding hydrogens is 364 g/mol. The van der Waals surface area contributed by atoms with Crippen molar-refractivity contribution in [2.75, 3.05) is 19.0 Å². The summed E-state index contributed by atoms with van der Waals surface area (Å²) in [5.41, 5.74) is -0.116. The second kappa shape index (κ2) is 9.07. The van der Waals surface area contributed by atoms with E-state index in [2.05, 4.69) is 15.4 Å². The topological polar surface area (TPSA) is 114 Å². The van der Waals surface area contributed by atoms with Crippen molar-refractivity contribution in [2.45, 2.75) is 32.2 Å². The molecule has 0 saturated heterocycles. The summed E-state index contributed by atoms with van der Waals surface area (Å²) in [6.45, 7) is 3.31. The first-order chi connectivity index (χ1) is 13.2. The number of methoxy groups -OCH3 is 1. The van der Waals surface area contributed by atoms with Gasteiger partial charge < -0.3 is 25.2 Å². The van der Waals surface area contributed by atoms with E-state index in [0.29, 0.717) is 17.9 Å². The van der Waals surface area contributed by atoms with Gasteiger partial charge in [-0.05, 0) is 32.4 Å². The Morgan fingerprint density at radius 1 is 1.07 bits per heavy atom. The second-order valence-electron chi connectivity index (χ2n) is 6.88. The number of benzene rings is 2. The maximum Gasteiger partial charge on any atom is 0.343 e. The molecule has 2 amide bonds. The standard InChI is InChI=1S/C20H24N2O6/c1-20(2,11-10-17(23)24)22-19(26)21-15-8-9-16(28-12-18(25)27-3)14-7-5-4-6-13(14)15/h4-9H,10-12H2,1-3H3,(H,23,24)(H2,21,22,26). The molecule has 8 heteroatoms. The van der Waals surface area contributed by atoms with Gasteiger partial charge >= 0.3 is 18.0 Å². The summed E-state index contributed by atoms with van der Waals surface area (Å²) in [5, 5.41) is 15.9. The molecule has 0 heterocycles. The normalized spacial score (nSPS) is 11.0. The fourth-order valence-electron chi connectivity index (χ4n) is 2.64. The molecule has 3 N–H and O–H groups in total. The Hall–Kier alpha value is -3.29. The molecule has 0 saturated carbocycles. The van der Waals surface area contributed by atoms with Crippen LogP contribution in [0.15, 0.2) is 36.4 Å². The van der Waals surface area contributed by atoms with Crippen molar-refractivity contribution < 1.29 is 29.0 Å². The van der Waals surface area contributed by atoms with E-state index in [0.717, 1.165) is 10.8 Å². The summed E-state index contributed by atoms with van der Waals surface area (Å²) in [7, 11) is 1.29. The lowest BCUT2D eigenvalue weighted by Crippen LogP contribution is -2.45. The third-order valence-electron chi connectivity index (χ3n) is 4.12. The Balaban J connectivity index is 2.16.